The predicted octanol–water partition coefficient (Wildman–Crippen LogP) is 0.895. The molecule has 4 N–H and O–H groups in total. The maximum Gasteiger partial charge on any atom is 0.308 e. The highest BCUT2D eigenvalue weighted by molar-refractivity contribution is 5.70. The largest absolute Gasteiger partial charge is 0.466 e. The van der Waals surface area contributed by atoms with Crippen molar-refractivity contribution in [2.45, 2.75) is 25.6 Å². The van der Waals surface area contributed by atoms with Gasteiger partial charge in [0.15, 0.2) is 11.6 Å². The van der Waals surface area contributed by atoms with E-state index < -0.39 is 36.2 Å². The Morgan fingerprint density at radius 1 is 1.37 bits per heavy atom. The van der Waals surface area contributed by atoms with Crippen LogP contribution in [0, 0.1) is 11.6 Å². The summed E-state index contributed by atoms with van der Waals surface area (Å²) in [5.41, 5.74) is 5.03. The van der Waals surface area contributed by atoms with Gasteiger partial charge in [0.05, 0.1) is 19.1 Å². The minimum atomic E-state index is -1.61. The zero-order valence-corrected chi connectivity index (χ0v) is 10.3. The summed E-state index contributed by atoms with van der Waals surface area (Å²) >= 11 is 0. The lowest BCUT2D eigenvalue weighted by molar-refractivity contribution is -0.147. The van der Waals surface area contributed by atoms with Crippen LogP contribution in [0.5, 0.6) is 0 Å². The van der Waals surface area contributed by atoms with E-state index in [1.807, 2.05) is 0 Å². The van der Waals surface area contributed by atoms with Gasteiger partial charge in [-0.05, 0) is 13.0 Å². The van der Waals surface area contributed by atoms with Gasteiger partial charge >= 0.3 is 5.97 Å². The molecule has 1 aromatic carbocycles. The van der Waals surface area contributed by atoms with E-state index in [4.69, 9.17) is 5.73 Å². The van der Waals surface area contributed by atoms with Crippen molar-refractivity contribution >= 4 is 11.7 Å². The normalized spacial score (nSPS) is 13.9. The van der Waals surface area contributed by atoms with Crippen LogP contribution < -0.4 is 5.73 Å². The fraction of sp³-hybridized carbons (Fsp3) is 0.417. The van der Waals surface area contributed by atoms with Gasteiger partial charge in [-0.1, -0.05) is 0 Å². The number of ether oxygens (including phenoxy) is 1. The first-order chi connectivity index (χ1) is 8.86. The first-order valence-corrected chi connectivity index (χ1v) is 5.63. The van der Waals surface area contributed by atoms with Crippen molar-refractivity contribution in [1.29, 1.82) is 0 Å². The predicted molar refractivity (Wildman–Crippen MR) is 63.0 cm³/mol. The van der Waals surface area contributed by atoms with Gasteiger partial charge in [-0.3, -0.25) is 4.79 Å². The van der Waals surface area contributed by atoms with Gasteiger partial charge in [0.25, 0.3) is 0 Å². The highest BCUT2D eigenvalue weighted by Crippen LogP contribution is 2.27. The minimum absolute atomic E-state index is 0.134. The summed E-state index contributed by atoms with van der Waals surface area (Å²) in [5.74, 6) is -3.07. The van der Waals surface area contributed by atoms with Crippen molar-refractivity contribution in [2.24, 2.45) is 0 Å². The number of anilines is 1. The lowest BCUT2D eigenvalue weighted by Crippen LogP contribution is -2.24. The van der Waals surface area contributed by atoms with E-state index in [1.165, 1.54) is 0 Å². The van der Waals surface area contributed by atoms with Crippen LogP contribution in [0.15, 0.2) is 12.1 Å². The van der Waals surface area contributed by atoms with Crippen LogP contribution in [0.4, 0.5) is 14.5 Å². The molecule has 7 heteroatoms. The Morgan fingerprint density at radius 3 is 2.53 bits per heavy atom. The van der Waals surface area contributed by atoms with Gasteiger partial charge in [-0.25, -0.2) is 8.78 Å². The Kier molecular flexibility index (Phi) is 5.20. The number of halogens is 2. The van der Waals surface area contributed by atoms with Crippen LogP contribution in [0.1, 0.15) is 25.0 Å². The summed E-state index contributed by atoms with van der Waals surface area (Å²) in [6.07, 6.45) is -3.61. The number of rotatable bonds is 5. The van der Waals surface area contributed by atoms with E-state index in [0.717, 1.165) is 0 Å². The SMILES string of the molecule is CCOC(=O)CC(O)C(O)c1cc(F)c(F)cc1N. The van der Waals surface area contributed by atoms with Crippen LogP contribution in [-0.4, -0.2) is 28.9 Å². The van der Waals surface area contributed by atoms with E-state index in [2.05, 4.69) is 4.74 Å². The minimum Gasteiger partial charge on any atom is -0.466 e. The lowest BCUT2D eigenvalue weighted by Gasteiger charge is -2.19. The monoisotopic (exact) mass is 275 g/mol. The quantitative estimate of drug-likeness (QED) is 0.548. The molecule has 0 saturated heterocycles. The molecule has 2 atom stereocenters. The van der Waals surface area contributed by atoms with Crippen LogP contribution in [0.2, 0.25) is 0 Å². The van der Waals surface area contributed by atoms with Crippen LogP contribution in [0.3, 0.4) is 0 Å². The number of nitrogen functional groups attached to an aromatic ring is 1. The summed E-state index contributed by atoms with van der Waals surface area (Å²) in [6, 6.07) is 1.38. The molecule has 1 rings (SSSR count). The third-order valence-corrected chi connectivity index (χ3v) is 2.49. The number of nitrogens with two attached hydrogens (primary N) is 1. The van der Waals surface area contributed by atoms with Crippen molar-refractivity contribution < 1.29 is 28.5 Å². The average molecular weight is 275 g/mol. The Bertz CT molecular complexity index is 467. The van der Waals surface area contributed by atoms with Gasteiger partial charge in [0, 0.05) is 17.3 Å². The number of aliphatic hydroxyl groups is 2. The van der Waals surface area contributed by atoms with Crippen LogP contribution in [-0.2, 0) is 9.53 Å². The standard InChI is InChI=1S/C12H15F2NO4/c1-2-19-11(17)5-10(16)12(18)6-3-7(13)8(14)4-9(6)15/h3-4,10,12,16,18H,2,5,15H2,1H3. The highest BCUT2D eigenvalue weighted by Gasteiger charge is 2.25. The number of carbonyl (C=O) groups is 1. The first-order valence-electron chi connectivity index (χ1n) is 5.63. The first kappa shape index (κ1) is 15.3. The molecule has 2 unspecified atom stereocenters. The van der Waals surface area contributed by atoms with Crippen LogP contribution in [0.25, 0.3) is 0 Å². The van der Waals surface area contributed by atoms with Gasteiger partial charge in [-0.2, -0.15) is 0 Å². The zero-order valence-electron chi connectivity index (χ0n) is 10.3. The fourth-order valence-corrected chi connectivity index (χ4v) is 1.54. The van der Waals surface area contributed by atoms with E-state index >= 15 is 0 Å². The van der Waals surface area contributed by atoms with E-state index in [-0.39, 0.29) is 17.9 Å². The second-order valence-corrected chi connectivity index (χ2v) is 3.92. The molecule has 0 aliphatic rings. The fourth-order valence-electron chi connectivity index (χ4n) is 1.54. The highest BCUT2D eigenvalue weighted by atomic mass is 19.2. The van der Waals surface area contributed by atoms with Gasteiger partial charge in [0.2, 0.25) is 0 Å². The van der Waals surface area contributed by atoms with E-state index in [1.54, 1.807) is 6.92 Å². The third-order valence-electron chi connectivity index (χ3n) is 2.49. The van der Waals surface area contributed by atoms with Crippen molar-refractivity contribution in [2.75, 3.05) is 12.3 Å². The van der Waals surface area contributed by atoms with Crippen molar-refractivity contribution in [3.63, 3.8) is 0 Å². The van der Waals surface area contributed by atoms with Crippen LogP contribution >= 0.6 is 0 Å². The molecule has 0 amide bonds. The summed E-state index contributed by atoms with van der Waals surface area (Å²) in [4.78, 5) is 11.1. The number of carbonyl (C=O) groups excluding carboxylic acids is 1. The summed E-state index contributed by atoms with van der Waals surface area (Å²) in [5, 5.41) is 19.4. The number of benzene rings is 1. The van der Waals surface area contributed by atoms with Crippen molar-refractivity contribution in [3.8, 4) is 0 Å². The zero-order chi connectivity index (χ0) is 14.6. The molecule has 0 aromatic heterocycles. The molecular weight excluding hydrogens is 260 g/mol. The molecule has 19 heavy (non-hydrogen) atoms. The molecule has 0 spiro atoms. The molecule has 0 saturated carbocycles. The molecule has 0 bridgehead atoms. The molecule has 0 radical (unpaired) electrons. The summed E-state index contributed by atoms with van der Waals surface area (Å²) in [7, 11) is 0. The van der Waals surface area contributed by atoms with Gasteiger partial charge in [-0.15, -0.1) is 0 Å². The van der Waals surface area contributed by atoms with Gasteiger partial charge in [0.1, 0.15) is 6.10 Å². The Labute approximate surface area is 108 Å². The second-order valence-electron chi connectivity index (χ2n) is 3.92. The Balaban J connectivity index is 2.85. The molecule has 106 valence electrons. The van der Waals surface area contributed by atoms with E-state index in [9.17, 15) is 23.8 Å². The maximum absolute atomic E-state index is 13.1. The molecular formula is C12H15F2NO4. The molecule has 1 aromatic rings. The summed E-state index contributed by atoms with van der Waals surface area (Å²) < 4.78 is 30.5. The molecule has 5 nitrogen and oxygen atoms in total. The lowest BCUT2D eigenvalue weighted by atomic mass is 10.00. The topological polar surface area (TPSA) is 92.8 Å². The third kappa shape index (κ3) is 3.87. The van der Waals surface area contributed by atoms with Crippen molar-refractivity contribution in [1.82, 2.24) is 0 Å². The molecule has 0 aliphatic heterocycles. The summed E-state index contributed by atoms with van der Waals surface area (Å²) in [6.45, 7) is 1.73. The number of hydrogen-bond acceptors (Lipinski definition) is 5. The average Bonchev–Trinajstić information content (AvgIpc) is 2.33. The molecule has 0 fully saturated rings. The molecule has 0 heterocycles. The number of esters is 1. The maximum atomic E-state index is 13.1. The van der Waals surface area contributed by atoms with Crippen molar-refractivity contribution in [3.05, 3.63) is 29.3 Å². The Hall–Kier alpha value is -1.73. The number of hydrogen-bond donors (Lipinski definition) is 3. The second kappa shape index (κ2) is 6.44. The number of aliphatic hydroxyl groups excluding tert-OH is 2. The van der Waals surface area contributed by atoms with Gasteiger partial charge < -0.3 is 20.7 Å². The van der Waals surface area contributed by atoms with E-state index in [0.29, 0.717) is 12.1 Å². The smallest absolute Gasteiger partial charge is 0.308 e. The molecule has 0 aliphatic carbocycles. The Morgan fingerprint density at radius 2 is 1.95 bits per heavy atom.